The summed E-state index contributed by atoms with van der Waals surface area (Å²) >= 11 is 3.29. The second-order valence-corrected chi connectivity index (χ2v) is 3.68. The number of furan rings is 1. The van der Waals surface area contributed by atoms with Crippen LogP contribution in [-0.2, 0) is 0 Å². The third-order valence-electron chi connectivity index (χ3n) is 1.93. The molecule has 0 radical (unpaired) electrons. The second kappa shape index (κ2) is 3.02. The number of hydrogen-bond acceptors (Lipinski definition) is 3. The zero-order valence-electron chi connectivity index (χ0n) is 7.08. The molecule has 2 rings (SSSR count). The number of benzene rings is 1. The fraction of sp³-hybridized carbons (Fsp3) is 0. The summed E-state index contributed by atoms with van der Waals surface area (Å²) in [5.41, 5.74) is 11.6. The fourth-order valence-corrected chi connectivity index (χ4v) is 1.73. The monoisotopic (exact) mass is 254 g/mol. The first-order chi connectivity index (χ1) is 6.61. The smallest absolute Gasteiger partial charge is 0.286 e. The lowest BCUT2D eigenvalue weighted by atomic mass is 10.2. The number of halogens is 1. The first-order valence-electron chi connectivity index (χ1n) is 3.87. The van der Waals surface area contributed by atoms with Gasteiger partial charge >= 0.3 is 0 Å². The van der Waals surface area contributed by atoms with E-state index in [4.69, 9.17) is 15.9 Å². The molecule has 0 saturated heterocycles. The van der Waals surface area contributed by atoms with Gasteiger partial charge < -0.3 is 15.9 Å². The summed E-state index contributed by atoms with van der Waals surface area (Å²) in [5.74, 6) is -0.655. The summed E-state index contributed by atoms with van der Waals surface area (Å²) in [4.78, 5) is 10.9. The number of rotatable bonds is 1. The lowest BCUT2D eigenvalue weighted by molar-refractivity contribution is 0.0977. The lowest BCUT2D eigenvalue weighted by Gasteiger charge is -1.90. The van der Waals surface area contributed by atoms with Gasteiger partial charge in [0, 0.05) is 5.39 Å². The highest BCUT2D eigenvalue weighted by atomic mass is 79.9. The molecule has 1 aromatic carbocycles. The first kappa shape index (κ1) is 9.08. The Labute approximate surface area is 88.0 Å². The molecule has 0 aliphatic rings. The van der Waals surface area contributed by atoms with Crippen molar-refractivity contribution in [2.75, 3.05) is 5.73 Å². The minimum atomic E-state index is -0.661. The average Bonchev–Trinajstić information content (AvgIpc) is 2.46. The van der Waals surface area contributed by atoms with E-state index in [2.05, 4.69) is 15.9 Å². The molecule has 0 fully saturated rings. The topological polar surface area (TPSA) is 82.2 Å². The van der Waals surface area contributed by atoms with Crippen molar-refractivity contribution < 1.29 is 9.21 Å². The Morgan fingerprint density at radius 1 is 1.43 bits per heavy atom. The molecule has 72 valence electrons. The van der Waals surface area contributed by atoms with E-state index in [9.17, 15) is 4.79 Å². The lowest BCUT2D eigenvalue weighted by Crippen LogP contribution is -2.11. The van der Waals surface area contributed by atoms with Gasteiger partial charge in [0.1, 0.15) is 0 Å². The third kappa shape index (κ3) is 1.17. The summed E-state index contributed by atoms with van der Waals surface area (Å²) in [6.45, 7) is 0. The zero-order chi connectivity index (χ0) is 10.3. The van der Waals surface area contributed by atoms with E-state index < -0.39 is 5.91 Å². The molecule has 1 aromatic heterocycles. The Kier molecular flexibility index (Phi) is 1.96. The summed E-state index contributed by atoms with van der Waals surface area (Å²) in [6, 6.07) is 5.38. The van der Waals surface area contributed by atoms with Crippen LogP contribution >= 0.6 is 15.9 Å². The number of nitrogens with two attached hydrogens (primary N) is 2. The quantitative estimate of drug-likeness (QED) is 0.815. The maximum absolute atomic E-state index is 10.9. The molecular weight excluding hydrogens is 248 g/mol. The molecule has 0 bridgehead atoms. The highest BCUT2D eigenvalue weighted by Gasteiger charge is 2.16. The maximum Gasteiger partial charge on any atom is 0.286 e. The number of fused-ring (bicyclic) bond motifs is 1. The summed E-state index contributed by atoms with van der Waals surface area (Å²) < 4.78 is 5.99. The summed E-state index contributed by atoms with van der Waals surface area (Å²) in [7, 11) is 0. The van der Waals surface area contributed by atoms with Crippen LogP contribution in [0.1, 0.15) is 10.6 Å². The molecule has 0 saturated carbocycles. The van der Waals surface area contributed by atoms with Gasteiger partial charge in [-0.1, -0.05) is 6.07 Å². The van der Waals surface area contributed by atoms with Gasteiger partial charge in [0.15, 0.2) is 5.58 Å². The number of amides is 1. The van der Waals surface area contributed by atoms with E-state index in [0.717, 1.165) is 4.47 Å². The summed E-state index contributed by atoms with van der Waals surface area (Å²) in [5, 5.41) is 0.688. The predicted octanol–water partition coefficient (Wildman–Crippen LogP) is 1.88. The Hall–Kier alpha value is -1.49. The largest absolute Gasteiger partial charge is 0.447 e. The average molecular weight is 255 g/mol. The SMILES string of the molecule is NC(=O)c1oc2c(Br)cccc2c1N. The van der Waals surface area contributed by atoms with Crippen molar-refractivity contribution in [2.24, 2.45) is 5.73 Å². The zero-order valence-corrected chi connectivity index (χ0v) is 8.67. The Balaban J connectivity index is 2.86. The van der Waals surface area contributed by atoms with E-state index in [1.54, 1.807) is 12.1 Å². The van der Waals surface area contributed by atoms with Gasteiger partial charge in [-0.2, -0.15) is 0 Å². The van der Waals surface area contributed by atoms with Crippen LogP contribution in [0.2, 0.25) is 0 Å². The molecule has 5 heteroatoms. The van der Waals surface area contributed by atoms with Gasteiger partial charge in [0.2, 0.25) is 5.76 Å². The standard InChI is InChI=1S/C9H7BrN2O2/c10-5-3-1-2-4-6(11)8(9(12)13)14-7(4)5/h1-3H,11H2,(H2,12,13). The molecule has 4 N–H and O–H groups in total. The highest BCUT2D eigenvalue weighted by Crippen LogP contribution is 2.32. The van der Waals surface area contributed by atoms with Crippen molar-refractivity contribution in [3.8, 4) is 0 Å². The molecule has 0 atom stereocenters. The van der Waals surface area contributed by atoms with Crippen molar-refractivity contribution in [3.05, 3.63) is 28.4 Å². The van der Waals surface area contributed by atoms with Gasteiger partial charge in [-0.3, -0.25) is 4.79 Å². The molecule has 4 nitrogen and oxygen atoms in total. The van der Waals surface area contributed by atoms with Gasteiger partial charge in [0.05, 0.1) is 10.2 Å². The van der Waals surface area contributed by atoms with Crippen molar-refractivity contribution >= 4 is 38.5 Å². The van der Waals surface area contributed by atoms with Crippen LogP contribution in [-0.4, -0.2) is 5.91 Å². The van der Waals surface area contributed by atoms with Crippen LogP contribution in [0.4, 0.5) is 5.69 Å². The van der Waals surface area contributed by atoms with Gasteiger partial charge in [0.25, 0.3) is 5.91 Å². The molecule has 0 aliphatic heterocycles. The Morgan fingerprint density at radius 3 is 2.71 bits per heavy atom. The van der Waals surface area contributed by atoms with E-state index in [1.165, 1.54) is 0 Å². The minimum absolute atomic E-state index is 0.00639. The molecular formula is C9H7BrN2O2. The fourth-order valence-electron chi connectivity index (χ4n) is 1.29. The molecule has 0 spiro atoms. The van der Waals surface area contributed by atoms with Crippen LogP contribution in [0.25, 0.3) is 11.0 Å². The molecule has 0 aliphatic carbocycles. The van der Waals surface area contributed by atoms with Crippen LogP contribution in [0, 0.1) is 0 Å². The predicted molar refractivity (Wildman–Crippen MR) is 56.8 cm³/mol. The first-order valence-corrected chi connectivity index (χ1v) is 4.67. The van der Waals surface area contributed by atoms with Gasteiger partial charge in [-0.05, 0) is 28.1 Å². The number of primary amides is 1. The number of carbonyl (C=O) groups is 1. The number of hydrogen-bond donors (Lipinski definition) is 2. The molecule has 0 unspecified atom stereocenters. The van der Waals surface area contributed by atoms with Crippen molar-refractivity contribution in [2.45, 2.75) is 0 Å². The van der Waals surface area contributed by atoms with Gasteiger partial charge in [-0.15, -0.1) is 0 Å². The molecule has 14 heavy (non-hydrogen) atoms. The van der Waals surface area contributed by atoms with Crippen LogP contribution < -0.4 is 11.5 Å². The number of nitrogen functional groups attached to an aromatic ring is 1. The van der Waals surface area contributed by atoms with E-state index in [1.807, 2.05) is 6.07 Å². The van der Waals surface area contributed by atoms with E-state index in [-0.39, 0.29) is 11.4 Å². The van der Waals surface area contributed by atoms with Crippen molar-refractivity contribution in [1.82, 2.24) is 0 Å². The maximum atomic E-state index is 10.9. The molecule has 2 aromatic rings. The Bertz CT molecular complexity index is 519. The highest BCUT2D eigenvalue weighted by molar-refractivity contribution is 9.10. The Morgan fingerprint density at radius 2 is 2.14 bits per heavy atom. The normalized spacial score (nSPS) is 10.6. The summed E-state index contributed by atoms with van der Waals surface area (Å²) in [6.07, 6.45) is 0. The number of anilines is 1. The number of carbonyl (C=O) groups excluding carboxylic acids is 1. The second-order valence-electron chi connectivity index (χ2n) is 2.83. The van der Waals surface area contributed by atoms with E-state index in [0.29, 0.717) is 11.0 Å². The molecule has 1 amide bonds. The van der Waals surface area contributed by atoms with Crippen LogP contribution in [0.3, 0.4) is 0 Å². The van der Waals surface area contributed by atoms with Gasteiger partial charge in [-0.25, -0.2) is 0 Å². The van der Waals surface area contributed by atoms with Crippen LogP contribution in [0.5, 0.6) is 0 Å². The minimum Gasteiger partial charge on any atom is -0.447 e. The van der Waals surface area contributed by atoms with Crippen LogP contribution in [0.15, 0.2) is 27.1 Å². The number of para-hydroxylation sites is 1. The molecule has 1 heterocycles. The van der Waals surface area contributed by atoms with Crippen molar-refractivity contribution in [3.63, 3.8) is 0 Å². The van der Waals surface area contributed by atoms with E-state index >= 15 is 0 Å². The third-order valence-corrected chi connectivity index (χ3v) is 2.55. The van der Waals surface area contributed by atoms with Crippen molar-refractivity contribution in [1.29, 1.82) is 0 Å².